The lowest BCUT2D eigenvalue weighted by molar-refractivity contribution is 0.0938. The first-order valence-electron chi connectivity index (χ1n) is 7.92. The van der Waals surface area contributed by atoms with Crippen LogP contribution in [0.15, 0.2) is 18.2 Å². The summed E-state index contributed by atoms with van der Waals surface area (Å²) in [4.78, 5) is 12.4. The van der Waals surface area contributed by atoms with Gasteiger partial charge in [0.05, 0.1) is 5.56 Å². The second kappa shape index (κ2) is 9.67. The lowest BCUT2D eigenvalue weighted by Gasteiger charge is -2.16. The number of hydrogen-bond acceptors (Lipinski definition) is 2. The van der Waals surface area contributed by atoms with E-state index in [1.54, 1.807) is 12.1 Å². The summed E-state index contributed by atoms with van der Waals surface area (Å²) in [5, 5.41) is 6.84. The lowest BCUT2D eigenvalue weighted by atomic mass is 10.1. The number of carbonyl (C=O) groups excluding carboxylic acids is 1. The van der Waals surface area contributed by atoms with Gasteiger partial charge in [-0.05, 0) is 38.5 Å². The van der Waals surface area contributed by atoms with Gasteiger partial charge in [-0.2, -0.15) is 0 Å². The van der Waals surface area contributed by atoms with Crippen LogP contribution in [0.4, 0.5) is 5.69 Å². The Bertz CT molecular complexity index is 448. The molecule has 0 heterocycles. The van der Waals surface area contributed by atoms with Gasteiger partial charge < -0.3 is 10.6 Å². The zero-order chi connectivity index (χ0) is 15.7. The van der Waals surface area contributed by atoms with E-state index in [1.807, 2.05) is 13.0 Å². The summed E-state index contributed by atoms with van der Waals surface area (Å²) in [5.74, 6) is -0.0589. The standard InChI is InChI=1S/C17H27ClN2O/c1-4-6-7-8-9-13(3)20-17(21)15-12-14(18)10-11-16(15)19-5-2/h10-13,19H,4-9H2,1-3H3,(H,20,21). The molecule has 1 amide bonds. The zero-order valence-corrected chi connectivity index (χ0v) is 14.1. The molecule has 1 aromatic carbocycles. The Balaban J connectivity index is 2.59. The van der Waals surface area contributed by atoms with Gasteiger partial charge in [-0.25, -0.2) is 0 Å². The van der Waals surface area contributed by atoms with E-state index in [0.29, 0.717) is 10.6 Å². The maximum absolute atomic E-state index is 12.4. The van der Waals surface area contributed by atoms with Crippen molar-refractivity contribution in [2.75, 3.05) is 11.9 Å². The minimum atomic E-state index is -0.0589. The van der Waals surface area contributed by atoms with Crippen LogP contribution in [0.2, 0.25) is 5.02 Å². The van der Waals surface area contributed by atoms with Crippen LogP contribution in [0.5, 0.6) is 0 Å². The van der Waals surface area contributed by atoms with Crippen molar-refractivity contribution in [1.29, 1.82) is 0 Å². The second-order valence-corrected chi connectivity index (χ2v) is 5.88. The van der Waals surface area contributed by atoms with Crippen LogP contribution in [0, 0.1) is 0 Å². The number of amides is 1. The SMILES string of the molecule is CCCCCCC(C)NC(=O)c1cc(Cl)ccc1NCC. The second-order valence-electron chi connectivity index (χ2n) is 5.44. The van der Waals surface area contributed by atoms with Gasteiger partial charge in [0.25, 0.3) is 5.91 Å². The summed E-state index contributed by atoms with van der Waals surface area (Å²) >= 11 is 6.01. The first-order chi connectivity index (χ1) is 10.1. The maximum Gasteiger partial charge on any atom is 0.253 e. The molecule has 0 aliphatic heterocycles. The normalized spacial score (nSPS) is 12.0. The smallest absolute Gasteiger partial charge is 0.253 e. The Morgan fingerprint density at radius 3 is 2.67 bits per heavy atom. The van der Waals surface area contributed by atoms with Gasteiger partial charge in [-0.3, -0.25) is 4.79 Å². The Morgan fingerprint density at radius 2 is 2.00 bits per heavy atom. The predicted octanol–water partition coefficient (Wildman–Crippen LogP) is 4.86. The molecule has 0 saturated heterocycles. The number of rotatable bonds is 9. The summed E-state index contributed by atoms with van der Waals surface area (Å²) in [6, 6.07) is 5.55. The van der Waals surface area contributed by atoms with Crippen LogP contribution in [-0.2, 0) is 0 Å². The monoisotopic (exact) mass is 310 g/mol. The third kappa shape index (κ3) is 6.38. The van der Waals surface area contributed by atoms with Crippen LogP contribution in [0.1, 0.15) is 63.2 Å². The van der Waals surface area contributed by atoms with Gasteiger partial charge in [0.1, 0.15) is 0 Å². The molecule has 1 atom stereocenters. The minimum absolute atomic E-state index is 0.0589. The third-order valence-corrected chi connectivity index (χ3v) is 3.70. The molecule has 0 radical (unpaired) electrons. The van der Waals surface area contributed by atoms with Crippen LogP contribution in [0.3, 0.4) is 0 Å². The Morgan fingerprint density at radius 1 is 1.24 bits per heavy atom. The third-order valence-electron chi connectivity index (χ3n) is 3.46. The highest BCUT2D eigenvalue weighted by Crippen LogP contribution is 2.21. The van der Waals surface area contributed by atoms with Crippen LogP contribution in [0.25, 0.3) is 0 Å². The summed E-state index contributed by atoms with van der Waals surface area (Å²) in [7, 11) is 0. The molecule has 3 nitrogen and oxygen atoms in total. The molecule has 2 N–H and O–H groups in total. The van der Waals surface area contributed by atoms with Crippen molar-refractivity contribution in [3.8, 4) is 0 Å². The van der Waals surface area contributed by atoms with Gasteiger partial charge in [0.2, 0.25) is 0 Å². The molecule has 0 bridgehead atoms. The largest absolute Gasteiger partial charge is 0.385 e. The maximum atomic E-state index is 12.4. The number of benzene rings is 1. The number of halogens is 1. The molecule has 0 aliphatic carbocycles. The molecule has 0 fully saturated rings. The van der Waals surface area contributed by atoms with E-state index in [1.165, 1.54) is 19.3 Å². The molecular weight excluding hydrogens is 284 g/mol. The van der Waals surface area contributed by atoms with Crippen LogP contribution in [-0.4, -0.2) is 18.5 Å². The molecule has 0 aromatic heterocycles. The van der Waals surface area contributed by atoms with E-state index in [4.69, 9.17) is 11.6 Å². The average molecular weight is 311 g/mol. The summed E-state index contributed by atoms with van der Waals surface area (Å²) in [6.07, 6.45) is 5.90. The van der Waals surface area contributed by atoms with E-state index in [0.717, 1.165) is 25.1 Å². The van der Waals surface area contributed by atoms with E-state index in [9.17, 15) is 4.79 Å². The fraction of sp³-hybridized carbons (Fsp3) is 0.588. The summed E-state index contributed by atoms with van der Waals surface area (Å²) in [5.41, 5.74) is 1.45. The quantitative estimate of drug-likeness (QED) is 0.639. The lowest BCUT2D eigenvalue weighted by Crippen LogP contribution is -2.33. The van der Waals surface area contributed by atoms with Crippen molar-refractivity contribution < 1.29 is 4.79 Å². The van der Waals surface area contributed by atoms with E-state index in [2.05, 4.69) is 24.5 Å². The van der Waals surface area contributed by atoms with Crippen molar-refractivity contribution in [2.45, 2.75) is 58.9 Å². The molecule has 0 spiro atoms. The summed E-state index contributed by atoms with van der Waals surface area (Å²) in [6.45, 7) is 7.04. The highest BCUT2D eigenvalue weighted by atomic mass is 35.5. The molecule has 0 aliphatic rings. The van der Waals surface area contributed by atoms with Gasteiger partial charge in [-0.1, -0.05) is 44.2 Å². The average Bonchev–Trinajstić information content (AvgIpc) is 2.45. The van der Waals surface area contributed by atoms with Gasteiger partial charge in [0.15, 0.2) is 0 Å². The molecule has 1 rings (SSSR count). The highest BCUT2D eigenvalue weighted by Gasteiger charge is 2.14. The van der Waals surface area contributed by atoms with Crippen LogP contribution >= 0.6 is 11.6 Å². The number of nitrogens with one attached hydrogen (secondary N) is 2. The molecular formula is C17H27ClN2O. The molecule has 118 valence electrons. The molecule has 4 heteroatoms. The zero-order valence-electron chi connectivity index (χ0n) is 13.3. The fourth-order valence-corrected chi connectivity index (χ4v) is 2.47. The predicted molar refractivity (Wildman–Crippen MR) is 91.3 cm³/mol. The van der Waals surface area contributed by atoms with Crippen molar-refractivity contribution in [3.05, 3.63) is 28.8 Å². The van der Waals surface area contributed by atoms with E-state index in [-0.39, 0.29) is 11.9 Å². The Hall–Kier alpha value is -1.22. The fourth-order valence-electron chi connectivity index (χ4n) is 2.30. The first kappa shape index (κ1) is 17.8. The van der Waals surface area contributed by atoms with Crippen molar-refractivity contribution in [2.24, 2.45) is 0 Å². The topological polar surface area (TPSA) is 41.1 Å². The first-order valence-corrected chi connectivity index (χ1v) is 8.30. The van der Waals surface area contributed by atoms with Crippen molar-refractivity contribution >= 4 is 23.2 Å². The van der Waals surface area contributed by atoms with Gasteiger partial charge >= 0.3 is 0 Å². The van der Waals surface area contributed by atoms with Crippen LogP contribution < -0.4 is 10.6 Å². The number of carbonyl (C=O) groups is 1. The van der Waals surface area contributed by atoms with Gasteiger partial charge in [0, 0.05) is 23.3 Å². The molecule has 1 aromatic rings. The number of unbranched alkanes of at least 4 members (excludes halogenated alkanes) is 3. The molecule has 0 saturated carbocycles. The van der Waals surface area contributed by atoms with E-state index >= 15 is 0 Å². The van der Waals surface area contributed by atoms with Gasteiger partial charge in [-0.15, -0.1) is 0 Å². The van der Waals surface area contributed by atoms with Crippen molar-refractivity contribution in [1.82, 2.24) is 5.32 Å². The Kier molecular flexibility index (Phi) is 8.21. The Labute approximate surface area is 133 Å². The molecule has 1 unspecified atom stereocenters. The van der Waals surface area contributed by atoms with E-state index < -0.39 is 0 Å². The number of hydrogen-bond donors (Lipinski definition) is 2. The summed E-state index contributed by atoms with van der Waals surface area (Å²) < 4.78 is 0. The van der Waals surface area contributed by atoms with Crippen molar-refractivity contribution in [3.63, 3.8) is 0 Å². The highest BCUT2D eigenvalue weighted by molar-refractivity contribution is 6.31. The minimum Gasteiger partial charge on any atom is -0.385 e. The molecule has 21 heavy (non-hydrogen) atoms. The number of anilines is 1.